The highest BCUT2D eigenvalue weighted by molar-refractivity contribution is 5.89. The zero-order valence-corrected chi connectivity index (χ0v) is 9.23. The fourth-order valence-electron chi connectivity index (χ4n) is 1.77. The Balaban J connectivity index is 1.99. The molecule has 1 aromatic carbocycles. The fraction of sp³-hybridized carbons (Fsp3) is 0.308. The van der Waals surface area contributed by atoms with E-state index in [4.69, 9.17) is 9.47 Å². The zero-order valence-electron chi connectivity index (χ0n) is 9.23. The Morgan fingerprint density at radius 2 is 2.12 bits per heavy atom. The van der Waals surface area contributed by atoms with Crippen LogP contribution in [-0.2, 0) is 16.0 Å². The lowest BCUT2D eigenvalue weighted by Crippen LogP contribution is -2.10. The number of hydrogen-bond acceptors (Lipinski definition) is 3. The van der Waals surface area contributed by atoms with Crippen LogP contribution >= 0.6 is 0 Å². The van der Waals surface area contributed by atoms with Gasteiger partial charge in [0.15, 0.2) is 0 Å². The average Bonchev–Trinajstić information content (AvgIpc) is 2.59. The van der Waals surface area contributed by atoms with Crippen molar-refractivity contribution < 1.29 is 14.3 Å². The van der Waals surface area contributed by atoms with Gasteiger partial charge in [0.05, 0.1) is 7.11 Å². The Hall–Kier alpha value is -1.77. The highest BCUT2D eigenvalue weighted by atomic mass is 16.5. The standard InChI is InChI=1S/C13H14O3/c1-9-7-12(16-13(9)14)8-10-3-5-11(15-2)6-4-10/h3-6,12H,1,7-8H2,2H3. The summed E-state index contributed by atoms with van der Waals surface area (Å²) in [6, 6.07) is 7.77. The molecule has 0 aromatic heterocycles. The molecule has 1 atom stereocenters. The maximum atomic E-state index is 11.1. The summed E-state index contributed by atoms with van der Waals surface area (Å²) in [5, 5.41) is 0. The summed E-state index contributed by atoms with van der Waals surface area (Å²) >= 11 is 0. The van der Waals surface area contributed by atoms with Crippen molar-refractivity contribution in [3.8, 4) is 5.75 Å². The molecule has 3 heteroatoms. The number of hydrogen-bond donors (Lipinski definition) is 0. The monoisotopic (exact) mass is 218 g/mol. The summed E-state index contributed by atoms with van der Waals surface area (Å²) in [6.07, 6.45) is 1.30. The highest BCUT2D eigenvalue weighted by Gasteiger charge is 2.27. The van der Waals surface area contributed by atoms with Crippen molar-refractivity contribution >= 4 is 5.97 Å². The second kappa shape index (κ2) is 4.39. The van der Waals surface area contributed by atoms with Crippen LogP contribution in [0.2, 0.25) is 0 Å². The molecule has 0 saturated carbocycles. The molecule has 1 saturated heterocycles. The number of esters is 1. The number of carbonyl (C=O) groups excluding carboxylic acids is 1. The van der Waals surface area contributed by atoms with Crippen LogP contribution in [0.5, 0.6) is 5.75 Å². The third-order valence-corrected chi connectivity index (χ3v) is 2.66. The Morgan fingerprint density at radius 1 is 1.44 bits per heavy atom. The molecule has 2 rings (SSSR count). The van der Waals surface area contributed by atoms with Crippen LogP contribution in [0.25, 0.3) is 0 Å². The van der Waals surface area contributed by atoms with Crippen molar-refractivity contribution in [1.29, 1.82) is 0 Å². The minimum Gasteiger partial charge on any atom is -0.497 e. The third-order valence-electron chi connectivity index (χ3n) is 2.66. The summed E-state index contributed by atoms with van der Waals surface area (Å²) in [5.74, 6) is 0.565. The van der Waals surface area contributed by atoms with Crippen LogP contribution in [0.15, 0.2) is 36.4 Å². The van der Waals surface area contributed by atoms with E-state index in [0.29, 0.717) is 12.0 Å². The van der Waals surface area contributed by atoms with Crippen molar-refractivity contribution in [3.05, 3.63) is 42.0 Å². The summed E-state index contributed by atoms with van der Waals surface area (Å²) in [7, 11) is 1.64. The van der Waals surface area contributed by atoms with Crippen molar-refractivity contribution in [2.75, 3.05) is 7.11 Å². The number of cyclic esters (lactones) is 1. The number of methoxy groups -OCH3 is 1. The Kier molecular flexibility index (Phi) is 2.95. The first kappa shape index (κ1) is 10.7. The summed E-state index contributed by atoms with van der Waals surface area (Å²) in [5.41, 5.74) is 1.70. The molecular weight excluding hydrogens is 204 g/mol. The van der Waals surface area contributed by atoms with Gasteiger partial charge in [-0.15, -0.1) is 0 Å². The van der Waals surface area contributed by atoms with Crippen molar-refractivity contribution in [3.63, 3.8) is 0 Å². The minimum atomic E-state index is -0.265. The van der Waals surface area contributed by atoms with Gasteiger partial charge in [-0.2, -0.15) is 0 Å². The molecule has 0 bridgehead atoms. The minimum absolute atomic E-state index is 0.0617. The molecule has 1 unspecified atom stereocenters. The van der Waals surface area contributed by atoms with Gasteiger partial charge >= 0.3 is 5.97 Å². The number of carbonyl (C=O) groups is 1. The molecule has 0 spiro atoms. The number of rotatable bonds is 3. The number of benzene rings is 1. The predicted molar refractivity (Wildman–Crippen MR) is 60.3 cm³/mol. The first-order chi connectivity index (χ1) is 7.69. The fourth-order valence-corrected chi connectivity index (χ4v) is 1.77. The van der Waals surface area contributed by atoms with Gasteiger partial charge in [-0.1, -0.05) is 18.7 Å². The Labute approximate surface area is 94.7 Å². The van der Waals surface area contributed by atoms with Gasteiger partial charge in [0.1, 0.15) is 11.9 Å². The quantitative estimate of drug-likeness (QED) is 0.575. The molecule has 16 heavy (non-hydrogen) atoms. The van der Waals surface area contributed by atoms with Gasteiger partial charge in [0.2, 0.25) is 0 Å². The van der Waals surface area contributed by atoms with Gasteiger partial charge in [0, 0.05) is 18.4 Å². The SMILES string of the molecule is C=C1CC(Cc2ccc(OC)cc2)OC1=O. The Morgan fingerprint density at radius 3 is 2.62 bits per heavy atom. The van der Waals surface area contributed by atoms with Crippen molar-refractivity contribution in [1.82, 2.24) is 0 Å². The topological polar surface area (TPSA) is 35.5 Å². The molecule has 84 valence electrons. The lowest BCUT2D eigenvalue weighted by Gasteiger charge is -2.08. The van der Waals surface area contributed by atoms with E-state index in [1.165, 1.54) is 0 Å². The van der Waals surface area contributed by atoms with E-state index < -0.39 is 0 Å². The van der Waals surface area contributed by atoms with E-state index in [1.807, 2.05) is 24.3 Å². The smallest absolute Gasteiger partial charge is 0.333 e. The van der Waals surface area contributed by atoms with E-state index in [9.17, 15) is 4.79 Å². The number of ether oxygens (including phenoxy) is 2. The maximum absolute atomic E-state index is 11.1. The maximum Gasteiger partial charge on any atom is 0.333 e. The molecule has 0 N–H and O–H groups in total. The van der Waals surface area contributed by atoms with E-state index in [-0.39, 0.29) is 12.1 Å². The first-order valence-corrected chi connectivity index (χ1v) is 5.20. The Bertz CT molecular complexity index is 390. The van der Waals surface area contributed by atoms with E-state index in [1.54, 1.807) is 7.11 Å². The summed E-state index contributed by atoms with van der Waals surface area (Å²) in [6.45, 7) is 3.66. The largest absolute Gasteiger partial charge is 0.497 e. The van der Waals surface area contributed by atoms with Crippen molar-refractivity contribution in [2.45, 2.75) is 18.9 Å². The molecule has 1 heterocycles. The first-order valence-electron chi connectivity index (χ1n) is 5.20. The highest BCUT2D eigenvalue weighted by Crippen LogP contribution is 2.22. The normalized spacial score (nSPS) is 19.7. The lowest BCUT2D eigenvalue weighted by molar-refractivity contribution is -0.138. The third kappa shape index (κ3) is 2.24. The lowest BCUT2D eigenvalue weighted by atomic mass is 10.0. The zero-order chi connectivity index (χ0) is 11.5. The van der Waals surface area contributed by atoms with Crippen LogP contribution in [0.1, 0.15) is 12.0 Å². The molecule has 0 amide bonds. The molecule has 1 aromatic rings. The molecule has 1 aliphatic rings. The second-order valence-electron chi connectivity index (χ2n) is 3.89. The summed E-state index contributed by atoms with van der Waals surface area (Å²) in [4.78, 5) is 11.1. The average molecular weight is 218 g/mol. The molecule has 1 aliphatic heterocycles. The molecule has 0 radical (unpaired) electrons. The molecule has 0 aliphatic carbocycles. The van der Waals surface area contributed by atoms with Crippen LogP contribution in [-0.4, -0.2) is 19.2 Å². The van der Waals surface area contributed by atoms with Crippen LogP contribution < -0.4 is 4.74 Å². The second-order valence-corrected chi connectivity index (χ2v) is 3.89. The van der Waals surface area contributed by atoms with Gasteiger partial charge < -0.3 is 9.47 Å². The van der Waals surface area contributed by atoms with Crippen molar-refractivity contribution in [2.24, 2.45) is 0 Å². The van der Waals surface area contributed by atoms with Gasteiger partial charge in [-0.25, -0.2) is 4.79 Å². The van der Waals surface area contributed by atoms with E-state index >= 15 is 0 Å². The van der Waals surface area contributed by atoms with Crippen LogP contribution in [0, 0.1) is 0 Å². The molecule has 3 nitrogen and oxygen atoms in total. The van der Waals surface area contributed by atoms with E-state index in [2.05, 4.69) is 6.58 Å². The van der Waals surface area contributed by atoms with Crippen LogP contribution in [0.4, 0.5) is 0 Å². The predicted octanol–water partition coefficient (Wildman–Crippen LogP) is 2.11. The van der Waals surface area contributed by atoms with Gasteiger partial charge in [-0.3, -0.25) is 0 Å². The van der Waals surface area contributed by atoms with Crippen LogP contribution in [0.3, 0.4) is 0 Å². The van der Waals surface area contributed by atoms with Gasteiger partial charge in [0.25, 0.3) is 0 Å². The summed E-state index contributed by atoms with van der Waals surface area (Å²) < 4.78 is 10.2. The molecular formula is C13H14O3. The van der Waals surface area contributed by atoms with Gasteiger partial charge in [-0.05, 0) is 17.7 Å². The van der Waals surface area contributed by atoms with E-state index in [0.717, 1.165) is 17.7 Å². The molecule has 1 fully saturated rings.